The van der Waals surface area contributed by atoms with Crippen LogP contribution < -0.4 is 5.32 Å². The normalized spacial score (nSPS) is 14.0. The van der Waals surface area contributed by atoms with Crippen molar-refractivity contribution in [2.75, 3.05) is 21.1 Å². The van der Waals surface area contributed by atoms with Crippen LogP contribution in [0.3, 0.4) is 0 Å². The third-order valence-corrected chi connectivity index (χ3v) is 4.14. The Labute approximate surface area is 115 Å². The second-order valence-electron chi connectivity index (χ2n) is 5.69. The minimum absolute atomic E-state index is 0.0128. The molecule has 0 spiro atoms. The van der Waals surface area contributed by atoms with Crippen molar-refractivity contribution in [3.63, 3.8) is 0 Å². The number of fused-ring (bicyclic) bond motifs is 1. The highest BCUT2D eigenvalue weighted by atomic mass is 15.2. The SMILES string of the molecule is CNC(c1cccc2ncccc12)C(C)(C)N(C)C. The summed E-state index contributed by atoms with van der Waals surface area (Å²) in [5.74, 6) is 0. The lowest BCUT2D eigenvalue weighted by Gasteiger charge is -2.40. The molecule has 102 valence electrons. The quantitative estimate of drug-likeness (QED) is 0.913. The summed E-state index contributed by atoms with van der Waals surface area (Å²) in [6.45, 7) is 4.51. The summed E-state index contributed by atoms with van der Waals surface area (Å²) in [6, 6.07) is 10.7. The highest BCUT2D eigenvalue weighted by Gasteiger charge is 2.32. The van der Waals surface area contributed by atoms with Crippen molar-refractivity contribution in [2.24, 2.45) is 0 Å². The van der Waals surface area contributed by atoms with Crippen molar-refractivity contribution >= 4 is 10.9 Å². The van der Waals surface area contributed by atoms with Gasteiger partial charge in [0.1, 0.15) is 0 Å². The van der Waals surface area contributed by atoms with Gasteiger partial charge in [0, 0.05) is 17.1 Å². The molecule has 1 atom stereocenters. The number of aromatic nitrogens is 1. The summed E-state index contributed by atoms with van der Waals surface area (Å²) in [6.07, 6.45) is 1.84. The minimum atomic E-state index is 0.0128. The van der Waals surface area contributed by atoms with E-state index in [1.807, 2.05) is 19.3 Å². The Hall–Kier alpha value is -1.45. The van der Waals surface area contributed by atoms with Crippen LogP contribution in [0.5, 0.6) is 0 Å². The van der Waals surface area contributed by atoms with E-state index in [-0.39, 0.29) is 11.6 Å². The summed E-state index contributed by atoms with van der Waals surface area (Å²) in [4.78, 5) is 6.70. The van der Waals surface area contributed by atoms with Gasteiger partial charge in [-0.25, -0.2) is 0 Å². The van der Waals surface area contributed by atoms with E-state index in [1.54, 1.807) is 0 Å². The van der Waals surface area contributed by atoms with E-state index in [0.29, 0.717) is 0 Å². The van der Waals surface area contributed by atoms with E-state index in [9.17, 15) is 0 Å². The Morgan fingerprint density at radius 3 is 2.53 bits per heavy atom. The number of pyridine rings is 1. The molecule has 0 radical (unpaired) electrons. The molecular formula is C16H23N3. The molecule has 19 heavy (non-hydrogen) atoms. The van der Waals surface area contributed by atoms with Crippen molar-refractivity contribution in [1.29, 1.82) is 0 Å². The molecule has 0 aliphatic heterocycles. The van der Waals surface area contributed by atoms with Crippen LogP contribution in [0.4, 0.5) is 0 Å². The van der Waals surface area contributed by atoms with Crippen LogP contribution in [0.2, 0.25) is 0 Å². The Balaban J connectivity index is 2.59. The number of nitrogens with one attached hydrogen (secondary N) is 1. The second-order valence-corrected chi connectivity index (χ2v) is 5.69. The highest BCUT2D eigenvalue weighted by Crippen LogP contribution is 2.32. The Kier molecular flexibility index (Phi) is 3.88. The van der Waals surface area contributed by atoms with Gasteiger partial charge in [-0.05, 0) is 52.7 Å². The zero-order chi connectivity index (χ0) is 14.0. The molecule has 1 N–H and O–H groups in total. The van der Waals surface area contributed by atoms with Gasteiger partial charge in [-0.15, -0.1) is 0 Å². The van der Waals surface area contributed by atoms with E-state index in [2.05, 4.69) is 67.4 Å². The average molecular weight is 257 g/mol. The van der Waals surface area contributed by atoms with Gasteiger partial charge in [0.25, 0.3) is 0 Å². The third kappa shape index (κ3) is 2.48. The van der Waals surface area contributed by atoms with Gasteiger partial charge in [-0.3, -0.25) is 4.98 Å². The first-order chi connectivity index (χ1) is 8.98. The lowest BCUT2D eigenvalue weighted by Crippen LogP contribution is -2.48. The van der Waals surface area contributed by atoms with E-state index < -0.39 is 0 Å². The van der Waals surface area contributed by atoms with Crippen LogP contribution in [0.15, 0.2) is 36.5 Å². The third-order valence-electron chi connectivity index (χ3n) is 4.14. The molecule has 2 aromatic rings. The number of rotatable bonds is 4. The van der Waals surface area contributed by atoms with Gasteiger partial charge in [-0.2, -0.15) is 0 Å². The minimum Gasteiger partial charge on any atom is -0.311 e. The number of hydrogen-bond donors (Lipinski definition) is 1. The Morgan fingerprint density at radius 1 is 1.16 bits per heavy atom. The Bertz CT molecular complexity index is 555. The molecule has 3 heteroatoms. The number of likely N-dealkylation sites (N-methyl/N-ethyl adjacent to an activating group) is 2. The first-order valence-electron chi connectivity index (χ1n) is 6.67. The second kappa shape index (κ2) is 5.27. The molecule has 0 amide bonds. The number of benzene rings is 1. The standard InChI is InChI=1S/C16H23N3/c1-16(2,19(4)5)15(17-3)13-8-6-10-14-12(13)9-7-11-18-14/h6-11,15,17H,1-5H3. The molecule has 0 aliphatic rings. The summed E-state index contributed by atoms with van der Waals surface area (Å²) in [5, 5.41) is 4.68. The molecule has 0 bridgehead atoms. The van der Waals surface area contributed by atoms with E-state index in [4.69, 9.17) is 0 Å². The lowest BCUT2D eigenvalue weighted by atomic mass is 9.86. The largest absolute Gasteiger partial charge is 0.311 e. The molecule has 1 heterocycles. The van der Waals surface area contributed by atoms with Gasteiger partial charge in [0.15, 0.2) is 0 Å². The maximum absolute atomic E-state index is 4.44. The summed E-state index contributed by atoms with van der Waals surface area (Å²) in [5.41, 5.74) is 2.36. The van der Waals surface area contributed by atoms with Gasteiger partial charge >= 0.3 is 0 Å². The van der Waals surface area contributed by atoms with E-state index in [0.717, 1.165) is 5.52 Å². The maximum Gasteiger partial charge on any atom is 0.0705 e. The topological polar surface area (TPSA) is 28.2 Å². The van der Waals surface area contributed by atoms with E-state index in [1.165, 1.54) is 10.9 Å². The van der Waals surface area contributed by atoms with Crippen LogP contribution in [0, 0.1) is 0 Å². The predicted molar refractivity (Wildman–Crippen MR) is 81.3 cm³/mol. The molecule has 0 saturated carbocycles. The number of hydrogen-bond acceptors (Lipinski definition) is 3. The van der Waals surface area contributed by atoms with Crippen LogP contribution in [0.25, 0.3) is 10.9 Å². The average Bonchev–Trinajstić information content (AvgIpc) is 2.39. The van der Waals surface area contributed by atoms with Crippen LogP contribution in [-0.4, -0.2) is 36.6 Å². The smallest absolute Gasteiger partial charge is 0.0705 e. The highest BCUT2D eigenvalue weighted by molar-refractivity contribution is 5.82. The molecule has 3 nitrogen and oxygen atoms in total. The molecule has 1 aromatic heterocycles. The Morgan fingerprint density at radius 2 is 1.89 bits per heavy atom. The molecule has 1 unspecified atom stereocenters. The van der Waals surface area contributed by atoms with Crippen molar-refractivity contribution < 1.29 is 0 Å². The lowest BCUT2D eigenvalue weighted by molar-refractivity contribution is 0.143. The molecule has 0 aliphatic carbocycles. The summed E-state index contributed by atoms with van der Waals surface area (Å²) < 4.78 is 0. The van der Waals surface area contributed by atoms with Crippen LogP contribution in [0.1, 0.15) is 25.5 Å². The summed E-state index contributed by atoms with van der Waals surface area (Å²) >= 11 is 0. The van der Waals surface area contributed by atoms with Gasteiger partial charge in [-0.1, -0.05) is 18.2 Å². The van der Waals surface area contributed by atoms with Gasteiger partial charge in [0.05, 0.1) is 11.6 Å². The molecule has 2 rings (SSSR count). The monoisotopic (exact) mass is 257 g/mol. The zero-order valence-electron chi connectivity index (χ0n) is 12.4. The van der Waals surface area contributed by atoms with Gasteiger partial charge < -0.3 is 10.2 Å². The van der Waals surface area contributed by atoms with E-state index >= 15 is 0 Å². The number of nitrogens with zero attached hydrogens (tertiary/aromatic N) is 2. The fourth-order valence-corrected chi connectivity index (χ4v) is 2.53. The first-order valence-corrected chi connectivity index (χ1v) is 6.67. The first kappa shape index (κ1) is 14.0. The van der Waals surface area contributed by atoms with Crippen molar-refractivity contribution in [1.82, 2.24) is 15.2 Å². The van der Waals surface area contributed by atoms with Crippen molar-refractivity contribution in [2.45, 2.75) is 25.4 Å². The van der Waals surface area contributed by atoms with Crippen molar-refractivity contribution in [3.05, 3.63) is 42.1 Å². The fourth-order valence-electron chi connectivity index (χ4n) is 2.53. The fraction of sp³-hybridized carbons (Fsp3) is 0.438. The van der Waals surface area contributed by atoms with Gasteiger partial charge in [0.2, 0.25) is 0 Å². The van der Waals surface area contributed by atoms with Crippen LogP contribution >= 0.6 is 0 Å². The molecular weight excluding hydrogens is 234 g/mol. The summed E-state index contributed by atoms with van der Waals surface area (Å²) in [7, 11) is 6.26. The zero-order valence-corrected chi connectivity index (χ0v) is 12.4. The molecule has 0 fully saturated rings. The molecule has 1 aromatic carbocycles. The van der Waals surface area contributed by atoms with Crippen molar-refractivity contribution in [3.8, 4) is 0 Å². The predicted octanol–water partition coefficient (Wildman–Crippen LogP) is 2.84. The molecule has 0 saturated heterocycles. The maximum atomic E-state index is 4.44. The van der Waals surface area contributed by atoms with Crippen LogP contribution in [-0.2, 0) is 0 Å².